The van der Waals surface area contributed by atoms with Crippen molar-refractivity contribution in [2.24, 2.45) is 0 Å². The van der Waals surface area contributed by atoms with Gasteiger partial charge in [-0.15, -0.1) is 0 Å². The molecular formula is C7H9FO. The molecule has 0 heterocycles. The highest BCUT2D eigenvalue weighted by atomic mass is 19.1. The van der Waals surface area contributed by atoms with Gasteiger partial charge in [0.2, 0.25) is 0 Å². The van der Waals surface area contributed by atoms with E-state index in [4.69, 9.17) is 0 Å². The van der Waals surface area contributed by atoms with Crippen LogP contribution in [0.15, 0.2) is 24.3 Å². The van der Waals surface area contributed by atoms with E-state index < -0.39 is 12.5 Å². The average Bonchev–Trinajstić information content (AvgIpc) is 1.89. The van der Waals surface area contributed by atoms with Gasteiger partial charge in [-0.1, -0.05) is 18.2 Å². The minimum atomic E-state index is -0.909. The Morgan fingerprint density at radius 1 is 1.56 bits per heavy atom. The Labute approximate surface area is 53.9 Å². The number of ketones is 1. The summed E-state index contributed by atoms with van der Waals surface area (Å²) in [7, 11) is 0. The molecule has 0 aromatic heterocycles. The van der Waals surface area contributed by atoms with E-state index in [9.17, 15) is 9.18 Å². The van der Waals surface area contributed by atoms with Crippen LogP contribution in [-0.4, -0.2) is 12.5 Å². The molecule has 0 amide bonds. The average molecular weight is 128 g/mol. The Bertz CT molecular complexity index is 136. The second kappa shape index (κ2) is 5.22. The standard InChI is InChI=1S/C7H9FO/c1-2-3-4-5-7(9)6-8/h2-5H,6H2,1H3/b3-2+,5-4+. The van der Waals surface area contributed by atoms with Crippen LogP contribution in [0.25, 0.3) is 0 Å². The molecule has 2 heteroatoms. The summed E-state index contributed by atoms with van der Waals surface area (Å²) in [5, 5.41) is 0. The molecule has 0 unspecified atom stereocenters. The van der Waals surface area contributed by atoms with Crippen LogP contribution in [0.2, 0.25) is 0 Å². The lowest BCUT2D eigenvalue weighted by Crippen LogP contribution is -1.91. The number of allylic oxidation sites excluding steroid dienone is 4. The Morgan fingerprint density at radius 2 is 2.22 bits per heavy atom. The maximum absolute atomic E-state index is 11.4. The number of alkyl halides is 1. The molecule has 50 valence electrons. The Hall–Kier alpha value is -0.920. The number of hydrogen-bond acceptors (Lipinski definition) is 1. The summed E-state index contributed by atoms with van der Waals surface area (Å²) in [6.07, 6.45) is 6.16. The summed E-state index contributed by atoms with van der Waals surface area (Å²) >= 11 is 0. The van der Waals surface area contributed by atoms with Crippen molar-refractivity contribution in [3.8, 4) is 0 Å². The van der Waals surface area contributed by atoms with Crippen molar-refractivity contribution >= 4 is 5.78 Å². The van der Waals surface area contributed by atoms with Crippen LogP contribution in [0, 0.1) is 0 Å². The normalized spacial score (nSPS) is 11.3. The van der Waals surface area contributed by atoms with Crippen molar-refractivity contribution in [3.63, 3.8) is 0 Å². The molecule has 0 spiro atoms. The van der Waals surface area contributed by atoms with Crippen LogP contribution in [0.4, 0.5) is 4.39 Å². The summed E-state index contributed by atoms with van der Waals surface area (Å²) in [6.45, 7) is 0.915. The van der Waals surface area contributed by atoms with Crippen LogP contribution in [-0.2, 0) is 4.79 Å². The van der Waals surface area contributed by atoms with Gasteiger partial charge < -0.3 is 0 Å². The van der Waals surface area contributed by atoms with E-state index in [0.717, 1.165) is 0 Å². The highest BCUT2D eigenvalue weighted by molar-refractivity contribution is 5.90. The second-order valence-electron chi connectivity index (χ2n) is 1.48. The predicted molar refractivity (Wildman–Crippen MR) is 34.9 cm³/mol. The molecule has 0 saturated carbocycles. The predicted octanol–water partition coefficient (Wildman–Crippen LogP) is 1.66. The zero-order valence-electron chi connectivity index (χ0n) is 5.30. The number of halogens is 1. The summed E-state index contributed by atoms with van der Waals surface area (Å²) < 4.78 is 11.4. The van der Waals surface area contributed by atoms with Gasteiger partial charge in [-0.2, -0.15) is 0 Å². The molecule has 0 aromatic carbocycles. The molecule has 0 N–H and O–H groups in total. The fraction of sp³-hybridized carbons (Fsp3) is 0.286. The summed E-state index contributed by atoms with van der Waals surface area (Å²) in [5.74, 6) is -0.492. The number of carbonyl (C=O) groups excluding carboxylic acids is 1. The lowest BCUT2D eigenvalue weighted by molar-refractivity contribution is -0.115. The van der Waals surface area contributed by atoms with Crippen molar-refractivity contribution in [1.29, 1.82) is 0 Å². The van der Waals surface area contributed by atoms with Gasteiger partial charge in [0.25, 0.3) is 0 Å². The van der Waals surface area contributed by atoms with E-state index in [1.807, 2.05) is 6.92 Å². The molecule has 0 radical (unpaired) electrons. The molecule has 0 fully saturated rings. The first-order chi connectivity index (χ1) is 4.31. The van der Waals surface area contributed by atoms with E-state index in [2.05, 4.69) is 0 Å². The molecule has 0 saturated heterocycles. The summed E-state index contributed by atoms with van der Waals surface area (Å²) in [4.78, 5) is 10.2. The third-order valence-corrected chi connectivity index (χ3v) is 0.717. The quantitative estimate of drug-likeness (QED) is 0.417. The molecule has 0 aliphatic heterocycles. The Kier molecular flexibility index (Phi) is 4.69. The third-order valence-electron chi connectivity index (χ3n) is 0.717. The molecule has 0 aliphatic carbocycles. The fourth-order valence-corrected chi connectivity index (χ4v) is 0.319. The van der Waals surface area contributed by atoms with Crippen LogP contribution < -0.4 is 0 Å². The third kappa shape index (κ3) is 4.94. The van der Waals surface area contributed by atoms with Crippen molar-refractivity contribution in [1.82, 2.24) is 0 Å². The lowest BCUT2D eigenvalue weighted by atomic mass is 10.3. The molecule has 0 aliphatic rings. The van der Waals surface area contributed by atoms with Gasteiger partial charge in [-0.3, -0.25) is 4.79 Å². The van der Waals surface area contributed by atoms with Crippen molar-refractivity contribution < 1.29 is 9.18 Å². The van der Waals surface area contributed by atoms with Crippen molar-refractivity contribution in [3.05, 3.63) is 24.3 Å². The monoisotopic (exact) mass is 128 g/mol. The lowest BCUT2D eigenvalue weighted by Gasteiger charge is -1.77. The van der Waals surface area contributed by atoms with Crippen LogP contribution in [0.1, 0.15) is 6.92 Å². The summed E-state index contributed by atoms with van der Waals surface area (Å²) in [6, 6.07) is 0. The van der Waals surface area contributed by atoms with Crippen molar-refractivity contribution in [2.45, 2.75) is 6.92 Å². The van der Waals surface area contributed by atoms with Gasteiger partial charge in [0.1, 0.15) is 0 Å². The van der Waals surface area contributed by atoms with Gasteiger partial charge in [0.05, 0.1) is 0 Å². The molecule has 0 aromatic rings. The van der Waals surface area contributed by atoms with E-state index in [-0.39, 0.29) is 0 Å². The largest absolute Gasteiger partial charge is 0.292 e. The molecular weight excluding hydrogens is 119 g/mol. The van der Waals surface area contributed by atoms with Gasteiger partial charge in [-0.05, 0) is 13.0 Å². The zero-order chi connectivity index (χ0) is 7.11. The highest BCUT2D eigenvalue weighted by Crippen LogP contribution is 1.80. The minimum Gasteiger partial charge on any atom is -0.292 e. The smallest absolute Gasteiger partial charge is 0.186 e. The van der Waals surface area contributed by atoms with E-state index in [1.54, 1.807) is 12.2 Å². The Balaban J connectivity index is 3.57. The van der Waals surface area contributed by atoms with Gasteiger partial charge in [0, 0.05) is 0 Å². The molecule has 9 heavy (non-hydrogen) atoms. The van der Waals surface area contributed by atoms with Crippen LogP contribution in [0.5, 0.6) is 0 Å². The minimum absolute atomic E-state index is 0.492. The van der Waals surface area contributed by atoms with Gasteiger partial charge >= 0.3 is 0 Å². The summed E-state index contributed by atoms with van der Waals surface area (Å²) in [5.41, 5.74) is 0. The van der Waals surface area contributed by atoms with E-state index >= 15 is 0 Å². The fourth-order valence-electron chi connectivity index (χ4n) is 0.319. The van der Waals surface area contributed by atoms with Crippen LogP contribution >= 0.6 is 0 Å². The molecule has 0 atom stereocenters. The second-order valence-corrected chi connectivity index (χ2v) is 1.48. The first-order valence-corrected chi connectivity index (χ1v) is 2.69. The first kappa shape index (κ1) is 8.08. The van der Waals surface area contributed by atoms with E-state index in [0.29, 0.717) is 0 Å². The van der Waals surface area contributed by atoms with Gasteiger partial charge in [0.15, 0.2) is 12.5 Å². The maximum Gasteiger partial charge on any atom is 0.186 e. The topological polar surface area (TPSA) is 17.1 Å². The molecule has 0 rings (SSSR count). The van der Waals surface area contributed by atoms with Crippen LogP contribution in [0.3, 0.4) is 0 Å². The number of hydrogen-bond donors (Lipinski definition) is 0. The van der Waals surface area contributed by atoms with Gasteiger partial charge in [-0.25, -0.2) is 4.39 Å². The Morgan fingerprint density at radius 3 is 2.67 bits per heavy atom. The number of rotatable bonds is 3. The van der Waals surface area contributed by atoms with E-state index in [1.165, 1.54) is 12.2 Å². The number of carbonyl (C=O) groups is 1. The molecule has 0 bridgehead atoms. The first-order valence-electron chi connectivity index (χ1n) is 2.69. The SMILES string of the molecule is C/C=C/C=C/C(=O)CF. The highest BCUT2D eigenvalue weighted by Gasteiger charge is 1.88. The van der Waals surface area contributed by atoms with Crippen molar-refractivity contribution in [2.75, 3.05) is 6.67 Å². The molecule has 1 nitrogen and oxygen atoms in total. The maximum atomic E-state index is 11.4. The zero-order valence-corrected chi connectivity index (χ0v) is 5.30.